The third-order valence-electron chi connectivity index (χ3n) is 3.09. The van der Waals surface area contributed by atoms with Crippen LogP contribution in [-0.4, -0.2) is 38.6 Å². The molecule has 1 N–H and O–H groups in total. The van der Waals surface area contributed by atoms with E-state index in [1.165, 1.54) is 0 Å². The molecule has 19 heavy (non-hydrogen) atoms. The van der Waals surface area contributed by atoms with Gasteiger partial charge in [0.25, 0.3) is 0 Å². The second-order valence-electron chi connectivity index (χ2n) is 4.78. The van der Waals surface area contributed by atoms with E-state index in [0.717, 1.165) is 17.7 Å². The molecule has 4 heteroatoms. The number of carbonyl (C=O) groups excluding carboxylic acids is 1. The maximum Gasteiger partial charge on any atom is 0.220 e. The molecule has 1 aromatic carbocycles. The van der Waals surface area contributed by atoms with Gasteiger partial charge >= 0.3 is 0 Å². The summed E-state index contributed by atoms with van der Waals surface area (Å²) in [6.07, 6.45) is 1.44. The minimum atomic E-state index is 0.101. The minimum absolute atomic E-state index is 0.101. The molecule has 106 valence electrons. The standard InChI is InChI=1S/C15H24N2O2/c1-5-8-15(18)16-11-13(17(2)3)12-9-6-7-10-14(12)19-4/h6-7,9-10,13H,5,8,11H2,1-4H3,(H,16,18). The monoisotopic (exact) mass is 264 g/mol. The number of hydrogen-bond acceptors (Lipinski definition) is 3. The number of nitrogens with zero attached hydrogens (tertiary/aromatic N) is 1. The number of ether oxygens (including phenoxy) is 1. The van der Waals surface area contributed by atoms with Crippen molar-refractivity contribution >= 4 is 5.91 Å². The van der Waals surface area contributed by atoms with Crippen LogP contribution < -0.4 is 10.1 Å². The zero-order valence-corrected chi connectivity index (χ0v) is 12.3. The Morgan fingerprint density at radius 3 is 2.63 bits per heavy atom. The highest BCUT2D eigenvalue weighted by Crippen LogP contribution is 2.27. The van der Waals surface area contributed by atoms with Crippen molar-refractivity contribution < 1.29 is 9.53 Å². The fraction of sp³-hybridized carbons (Fsp3) is 0.533. The molecule has 0 saturated carbocycles. The summed E-state index contributed by atoms with van der Waals surface area (Å²) in [7, 11) is 5.67. The van der Waals surface area contributed by atoms with Crippen molar-refractivity contribution in [3.63, 3.8) is 0 Å². The summed E-state index contributed by atoms with van der Waals surface area (Å²) >= 11 is 0. The van der Waals surface area contributed by atoms with E-state index in [1.54, 1.807) is 7.11 Å². The van der Waals surface area contributed by atoms with Crippen LogP contribution in [0.5, 0.6) is 5.75 Å². The van der Waals surface area contributed by atoms with Gasteiger partial charge in [0.2, 0.25) is 5.91 Å². The number of para-hydroxylation sites is 1. The van der Waals surface area contributed by atoms with Crippen LogP contribution in [0.3, 0.4) is 0 Å². The Labute approximate surface area is 115 Å². The number of amides is 1. The molecule has 0 aliphatic heterocycles. The lowest BCUT2D eigenvalue weighted by atomic mass is 10.0. The van der Waals surface area contributed by atoms with Gasteiger partial charge in [0.05, 0.1) is 13.2 Å². The van der Waals surface area contributed by atoms with E-state index < -0.39 is 0 Å². The molecule has 1 atom stereocenters. The van der Waals surface area contributed by atoms with Gasteiger partial charge in [0.15, 0.2) is 0 Å². The summed E-state index contributed by atoms with van der Waals surface area (Å²) in [5, 5.41) is 2.98. The molecule has 1 rings (SSSR count). The minimum Gasteiger partial charge on any atom is -0.496 e. The molecule has 0 saturated heterocycles. The molecule has 0 aliphatic carbocycles. The molecule has 0 aromatic heterocycles. The lowest BCUT2D eigenvalue weighted by Gasteiger charge is -2.26. The molecular formula is C15H24N2O2. The van der Waals surface area contributed by atoms with E-state index in [4.69, 9.17) is 4.74 Å². The Morgan fingerprint density at radius 1 is 1.37 bits per heavy atom. The maximum absolute atomic E-state index is 11.6. The highest BCUT2D eigenvalue weighted by molar-refractivity contribution is 5.75. The van der Waals surface area contributed by atoms with E-state index in [0.29, 0.717) is 13.0 Å². The van der Waals surface area contributed by atoms with E-state index in [2.05, 4.69) is 10.2 Å². The van der Waals surface area contributed by atoms with Gasteiger partial charge < -0.3 is 15.0 Å². The first kappa shape index (κ1) is 15.5. The molecule has 1 unspecified atom stereocenters. The lowest BCUT2D eigenvalue weighted by molar-refractivity contribution is -0.121. The van der Waals surface area contributed by atoms with Crippen LogP contribution in [0, 0.1) is 0 Å². The van der Waals surface area contributed by atoms with Gasteiger partial charge in [-0.25, -0.2) is 0 Å². The Morgan fingerprint density at radius 2 is 2.05 bits per heavy atom. The van der Waals surface area contributed by atoms with Crippen LogP contribution >= 0.6 is 0 Å². The zero-order valence-electron chi connectivity index (χ0n) is 12.3. The highest BCUT2D eigenvalue weighted by Gasteiger charge is 2.18. The first-order chi connectivity index (χ1) is 9.10. The van der Waals surface area contributed by atoms with Crippen molar-refractivity contribution in [2.45, 2.75) is 25.8 Å². The number of methoxy groups -OCH3 is 1. The van der Waals surface area contributed by atoms with Crippen LogP contribution in [0.2, 0.25) is 0 Å². The van der Waals surface area contributed by atoms with Gasteiger partial charge in [0.1, 0.15) is 5.75 Å². The smallest absolute Gasteiger partial charge is 0.220 e. The van der Waals surface area contributed by atoms with E-state index in [1.807, 2.05) is 45.3 Å². The van der Waals surface area contributed by atoms with Crippen molar-refractivity contribution in [3.05, 3.63) is 29.8 Å². The summed E-state index contributed by atoms with van der Waals surface area (Å²) in [5.74, 6) is 0.954. The zero-order chi connectivity index (χ0) is 14.3. The fourth-order valence-corrected chi connectivity index (χ4v) is 2.04. The van der Waals surface area contributed by atoms with Gasteiger partial charge in [-0.05, 0) is 26.6 Å². The van der Waals surface area contributed by atoms with Crippen LogP contribution in [-0.2, 0) is 4.79 Å². The van der Waals surface area contributed by atoms with Crippen molar-refractivity contribution in [1.82, 2.24) is 10.2 Å². The van der Waals surface area contributed by atoms with Gasteiger partial charge in [0, 0.05) is 18.5 Å². The third-order valence-corrected chi connectivity index (χ3v) is 3.09. The second-order valence-corrected chi connectivity index (χ2v) is 4.78. The summed E-state index contributed by atoms with van der Waals surface area (Å²) < 4.78 is 5.39. The Hall–Kier alpha value is -1.55. The Kier molecular flexibility index (Phi) is 6.36. The molecule has 0 fully saturated rings. The topological polar surface area (TPSA) is 41.6 Å². The number of benzene rings is 1. The first-order valence-electron chi connectivity index (χ1n) is 6.66. The second kappa shape index (κ2) is 7.79. The summed E-state index contributed by atoms with van der Waals surface area (Å²) in [6.45, 7) is 2.59. The first-order valence-corrected chi connectivity index (χ1v) is 6.66. The number of hydrogen-bond donors (Lipinski definition) is 1. The van der Waals surface area contributed by atoms with Crippen LogP contribution in [0.15, 0.2) is 24.3 Å². The fourth-order valence-electron chi connectivity index (χ4n) is 2.04. The third kappa shape index (κ3) is 4.56. The van der Waals surface area contributed by atoms with Crippen molar-refractivity contribution in [2.75, 3.05) is 27.7 Å². The normalized spacial score (nSPS) is 12.3. The number of nitrogens with one attached hydrogen (secondary N) is 1. The molecule has 4 nitrogen and oxygen atoms in total. The van der Waals surface area contributed by atoms with E-state index in [9.17, 15) is 4.79 Å². The van der Waals surface area contributed by atoms with Crippen molar-refractivity contribution in [1.29, 1.82) is 0 Å². The van der Waals surface area contributed by atoms with Crippen molar-refractivity contribution in [3.8, 4) is 5.75 Å². The maximum atomic E-state index is 11.6. The number of carbonyl (C=O) groups is 1. The Balaban J connectivity index is 2.80. The predicted molar refractivity (Wildman–Crippen MR) is 77.3 cm³/mol. The highest BCUT2D eigenvalue weighted by atomic mass is 16.5. The SMILES string of the molecule is CCCC(=O)NCC(c1ccccc1OC)N(C)C. The molecule has 0 spiro atoms. The average molecular weight is 264 g/mol. The summed E-state index contributed by atoms with van der Waals surface area (Å²) in [6, 6.07) is 8.03. The largest absolute Gasteiger partial charge is 0.496 e. The quantitative estimate of drug-likeness (QED) is 0.821. The number of likely N-dealkylation sites (N-methyl/N-ethyl adjacent to an activating group) is 1. The van der Waals surface area contributed by atoms with Gasteiger partial charge in [-0.2, -0.15) is 0 Å². The molecule has 0 bridgehead atoms. The van der Waals surface area contributed by atoms with Gasteiger partial charge in [-0.3, -0.25) is 4.79 Å². The molecule has 0 radical (unpaired) electrons. The molecular weight excluding hydrogens is 240 g/mol. The van der Waals surface area contributed by atoms with Gasteiger partial charge in [-0.1, -0.05) is 25.1 Å². The van der Waals surface area contributed by atoms with E-state index in [-0.39, 0.29) is 11.9 Å². The molecule has 0 aliphatic rings. The molecule has 1 aromatic rings. The Bertz CT molecular complexity index is 405. The van der Waals surface area contributed by atoms with Gasteiger partial charge in [-0.15, -0.1) is 0 Å². The van der Waals surface area contributed by atoms with Crippen LogP contribution in [0.4, 0.5) is 0 Å². The van der Waals surface area contributed by atoms with E-state index >= 15 is 0 Å². The lowest BCUT2D eigenvalue weighted by Crippen LogP contribution is -2.34. The van der Waals surface area contributed by atoms with Crippen LogP contribution in [0.25, 0.3) is 0 Å². The molecule has 1 amide bonds. The predicted octanol–water partition coefficient (Wildman–Crippen LogP) is 2.21. The summed E-state index contributed by atoms with van der Waals surface area (Å²) in [5.41, 5.74) is 1.09. The van der Waals surface area contributed by atoms with Crippen LogP contribution in [0.1, 0.15) is 31.4 Å². The number of rotatable bonds is 7. The van der Waals surface area contributed by atoms with Crippen molar-refractivity contribution in [2.24, 2.45) is 0 Å². The summed E-state index contributed by atoms with van der Waals surface area (Å²) in [4.78, 5) is 13.7. The molecule has 0 heterocycles. The average Bonchev–Trinajstić information content (AvgIpc) is 2.39.